The summed E-state index contributed by atoms with van der Waals surface area (Å²) in [7, 11) is 1.83. The smallest absolute Gasteiger partial charge is 0.191 e. The minimum absolute atomic E-state index is 0.320. The highest BCUT2D eigenvalue weighted by Gasteiger charge is 2.22. The van der Waals surface area contributed by atoms with Crippen LogP contribution in [-0.2, 0) is 0 Å². The normalized spacial score (nSPS) is 14.9. The van der Waals surface area contributed by atoms with Crippen molar-refractivity contribution in [2.45, 2.75) is 24.8 Å². The monoisotopic (exact) mass is 293 g/mol. The lowest BCUT2D eigenvalue weighted by atomic mass is 9.91. The van der Waals surface area contributed by atoms with Crippen LogP contribution < -0.4 is 10.6 Å². The Kier molecular flexibility index (Phi) is 4.74. The Labute approximate surface area is 132 Å². The number of nitrogens with one attached hydrogen (secondary N) is 2. The van der Waals surface area contributed by atoms with Gasteiger partial charge in [-0.3, -0.25) is 4.99 Å². The molecule has 3 heteroatoms. The average molecular weight is 293 g/mol. The van der Waals surface area contributed by atoms with E-state index < -0.39 is 0 Å². The third kappa shape index (κ3) is 3.88. The topological polar surface area (TPSA) is 36.4 Å². The van der Waals surface area contributed by atoms with Crippen molar-refractivity contribution in [3.63, 3.8) is 0 Å². The fourth-order valence-corrected chi connectivity index (χ4v) is 2.61. The fraction of sp³-hybridized carbons (Fsp3) is 0.316. The van der Waals surface area contributed by atoms with Crippen LogP contribution in [0.3, 0.4) is 0 Å². The van der Waals surface area contributed by atoms with Crippen molar-refractivity contribution in [1.29, 1.82) is 0 Å². The molecule has 0 amide bonds. The molecule has 0 spiro atoms. The van der Waals surface area contributed by atoms with Gasteiger partial charge in [0.2, 0.25) is 0 Å². The number of rotatable bonds is 5. The van der Waals surface area contributed by atoms with Gasteiger partial charge in [0.1, 0.15) is 0 Å². The summed E-state index contributed by atoms with van der Waals surface area (Å²) in [6.07, 6.45) is 2.50. The first-order valence-corrected chi connectivity index (χ1v) is 7.94. The van der Waals surface area contributed by atoms with Gasteiger partial charge in [-0.2, -0.15) is 0 Å². The summed E-state index contributed by atoms with van der Waals surface area (Å²) in [5.74, 6) is 1.22. The van der Waals surface area contributed by atoms with Gasteiger partial charge in [-0.15, -0.1) is 0 Å². The van der Waals surface area contributed by atoms with E-state index in [1.54, 1.807) is 0 Å². The second-order valence-electron chi connectivity index (χ2n) is 5.75. The lowest BCUT2D eigenvalue weighted by molar-refractivity contribution is 0.727. The van der Waals surface area contributed by atoms with Crippen LogP contribution in [0, 0.1) is 0 Å². The highest BCUT2D eigenvalue weighted by Crippen LogP contribution is 2.24. The third-order valence-corrected chi connectivity index (χ3v) is 4.02. The van der Waals surface area contributed by atoms with Crippen LogP contribution in [-0.4, -0.2) is 25.6 Å². The number of aliphatic imine (C=N–C) groups is 1. The van der Waals surface area contributed by atoms with Crippen LogP contribution in [0.5, 0.6) is 0 Å². The molecule has 0 atom stereocenters. The highest BCUT2D eigenvalue weighted by atomic mass is 15.2. The molecule has 1 aliphatic rings. The quantitative estimate of drug-likeness (QED) is 0.656. The maximum absolute atomic E-state index is 4.32. The molecule has 0 heterocycles. The zero-order valence-corrected chi connectivity index (χ0v) is 13.0. The summed E-state index contributed by atoms with van der Waals surface area (Å²) in [4.78, 5) is 4.32. The molecule has 0 saturated heterocycles. The van der Waals surface area contributed by atoms with E-state index in [4.69, 9.17) is 0 Å². The zero-order valence-electron chi connectivity index (χ0n) is 13.0. The van der Waals surface area contributed by atoms with Crippen LogP contribution in [0.1, 0.15) is 29.9 Å². The Morgan fingerprint density at radius 2 is 1.55 bits per heavy atom. The van der Waals surface area contributed by atoms with Crippen LogP contribution in [0.25, 0.3) is 0 Å². The number of nitrogens with zero attached hydrogens (tertiary/aromatic N) is 1. The molecule has 0 bridgehead atoms. The molecule has 22 heavy (non-hydrogen) atoms. The molecule has 2 aromatic carbocycles. The molecule has 0 unspecified atom stereocenters. The zero-order chi connectivity index (χ0) is 15.2. The fourth-order valence-electron chi connectivity index (χ4n) is 2.61. The Bertz CT molecular complexity index is 564. The minimum Gasteiger partial charge on any atom is -0.355 e. The average Bonchev–Trinajstić information content (AvgIpc) is 3.40. The lowest BCUT2D eigenvalue weighted by Crippen LogP contribution is -2.40. The molecule has 0 aromatic heterocycles. The summed E-state index contributed by atoms with van der Waals surface area (Å²) >= 11 is 0. The third-order valence-electron chi connectivity index (χ3n) is 4.02. The maximum atomic E-state index is 4.32. The van der Waals surface area contributed by atoms with Crippen molar-refractivity contribution in [1.82, 2.24) is 10.6 Å². The van der Waals surface area contributed by atoms with Gasteiger partial charge < -0.3 is 10.6 Å². The van der Waals surface area contributed by atoms with Crippen LogP contribution in [0.4, 0.5) is 0 Å². The molecule has 3 nitrogen and oxygen atoms in total. The van der Waals surface area contributed by atoms with Crippen LogP contribution >= 0.6 is 0 Å². The standard InChI is InChI=1S/C19H23N3/c1-20-19(22-17-12-13-17)21-14-18(15-8-4-2-5-9-15)16-10-6-3-7-11-16/h2-11,17-18H,12-14H2,1H3,(H2,20,21,22). The van der Waals surface area contributed by atoms with Gasteiger partial charge in [0.15, 0.2) is 5.96 Å². The van der Waals surface area contributed by atoms with Gasteiger partial charge in [0.25, 0.3) is 0 Å². The lowest BCUT2D eigenvalue weighted by Gasteiger charge is -2.20. The molecule has 2 N–H and O–H groups in total. The molecule has 1 fully saturated rings. The molecule has 3 rings (SSSR count). The summed E-state index contributed by atoms with van der Waals surface area (Å²) in [5.41, 5.74) is 2.64. The number of hydrogen-bond donors (Lipinski definition) is 2. The first-order valence-electron chi connectivity index (χ1n) is 7.94. The predicted octanol–water partition coefficient (Wildman–Crippen LogP) is 3.15. The van der Waals surface area contributed by atoms with Gasteiger partial charge in [-0.1, -0.05) is 60.7 Å². The summed E-state index contributed by atoms with van der Waals surface area (Å²) in [6.45, 7) is 0.834. The van der Waals surface area contributed by atoms with Crippen molar-refractivity contribution >= 4 is 5.96 Å². The molecule has 1 aliphatic carbocycles. The summed E-state index contributed by atoms with van der Waals surface area (Å²) in [6, 6.07) is 21.9. The SMILES string of the molecule is CN=C(NCC(c1ccccc1)c1ccccc1)NC1CC1. The van der Waals surface area contributed by atoms with Gasteiger partial charge in [0, 0.05) is 25.6 Å². The van der Waals surface area contributed by atoms with E-state index >= 15 is 0 Å². The minimum atomic E-state index is 0.320. The van der Waals surface area contributed by atoms with Gasteiger partial charge in [-0.05, 0) is 24.0 Å². The van der Waals surface area contributed by atoms with E-state index in [9.17, 15) is 0 Å². The predicted molar refractivity (Wildman–Crippen MR) is 92.2 cm³/mol. The molecule has 2 aromatic rings. The van der Waals surface area contributed by atoms with Gasteiger partial charge in [0.05, 0.1) is 0 Å². The molecule has 0 aliphatic heterocycles. The van der Waals surface area contributed by atoms with Crippen LogP contribution in [0.2, 0.25) is 0 Å². The van der Waals surface area contributed by atoms with E-state index in [2.05, 4.69) is 76.3 Å². The first-order chi connectivity index (χ1) is 10.9. The largest absolute Gasteiger partial charge is 0.355 e. The van der Waals surface area contributed by atoms with E-state index in [-0.39, 0.29) is 0 Å². The van der Waals surface area contributed by atoms with E-state index in [0.29, 0.717) is 12.0 Å². The van der Waals surface area contributed by atoms with Crippen molar-refractivity contribution < 1.29 is 0 Å². The van der Waals surface area contributed by atoms with Gasteiger partial charge >= 0.3 is 0 Å². The molecule has 0 radical (unpaired) electrons. The Morgan fingerprint density at radius 1 is 1.00 bits per heavy atom. The van der Waals surface area contributed by atoms with Crippen molar-refractivity contribution in [3.8, 4) is 0 Å². The van der Waals surface area contributed by atoms with E-state index in [0.717, 1.165) is 12.5 Å². The van der Waals surface area contributed by atoms with Crippen molar-refractivity contribution in [2.75, 3.05) is 13.6 Å². The number of hydrogen-bond acceptors (Lipinski definition) is 1. The molecular weight excluding hydrogens is 270 g/mol. The Balaban J connectivity index is 1.74. The van der Waals surface area contributed by atoms with Crippen molar-refractivity contribution in [3.05, 3.63) is 71.8 Å². The van der Waals surface area contributed by atoms with E-state index in [1.165, 1.54) is 24.0 Å². The Hall–Kier alpha value is -2.29. The van der Waals surface area contributed by atoms with Crippen molar-refractivity contribution in [2.24, 2.45) is 4.99 Å². The summed E-state index contributed by atoms with van der Waals surface area (Å²) < 4.78 is 0. The molecular formula is C19H23N3. The van der Waals surface area contributed by atoms with Crippen LogP contribution in [0.15, 0.2) is 65.7 Å². The highest BCUT2D eigenvalue weighted by molar-refractivity contribution is 5.80. The maximum Gasteiger partial charge on any atom is 0.191 e. The molecule has 114 valence electrons. The number of guanidine groups is 1. The second kappa shape index (κ2) is 7.12. The first kappa shape index (κ1) is 14.6. The van der Waals surface area contributed by atoms with Gasteiger partial charge in [-0.25, -0.2) is 0 Å². The molecule has 1 saturated carbocycles. The number of benzene rings is 2. The van der Waals surface area contributed by atoms with E-state index in [1.807, 2.05) is 7.05 Å². The second-order valence-corrected chi connectivity index (χ2v) is 5.75. The Morgan fingerprint density at radius 3 is 2.00 bits per heavy atom. The summed E-state index contributed by atoms with van der Waals surface area (Å²) in [5, 5.41) is 6.91.